The standard InChI is InChI=1S/C16H16F3NO/c1-8-4-10(5-9(2)16(8)21-3)15(20)11-6-12(17)14(19)13(18)7-11/h4-7,15H,20H2,1-3H3. The molecule has 0 saturated carbocycles. The second kappa shape index (κ2) is 5.77. The van der Waals surface area contributed by atoms with Crippen molar-refractivity contribution in [3.8, 4) is 5.75 Å². The molecule has 0 spiro atoms. The van der Waals surface area contributed by atoms with Crippen LogP contribution in [-0.2, 0) is 0 Å². The van der Waals surface area contributed by atoms with Gasteiger partial charge in [0.05, 0.1) is 13.2 Å². The smallest absolute Gasteiger partial charge is 0.194 e. The van der Waals surface area contributed by atoms with Crippen LogP contribution >= 0.6 is 0 Å². The maximum absolute atomic E-state index is 13.3. The van der Waals surface area contributed by atoms with E-state index in [4.69, 9.17) is 10.5 Å². The second-order valence-corrected chi connectivity index (χ2v) is 4.96. The molecule has 0 aliphatic carbocycles. The van der Waals surface area contributed by atoms with Gasteiger partial charge in [0.2, 0.25) is 0 Å². The summed E-state index contributed by atoms with van der Waals surface area (Å²) in [6, 6.07) is 4.65. The van der Waals surface area contributed by atoms with Gasteiger partial charge in [-0.2, -0.15) is 0 Å². The Balaban J connectivity index is 2.47. The summed E-state index contributed by atoms with van der Waals surface area (Å²) in [7, 11) is 1.57. The Kier molecular flexibility index (Phi) is 4.23. The van der Waals surface area contributed by atoms with E-state index in [-0.39, 0.29) is 5.56 Å². The van der Waals surface area contributed by atoms with E-state index in [2.05, 4.69) is 0 Å². The summed E-state index contributed by atoms with van der Waals surface area (Å²) >= 11 is 0. The van der Waals surface area contributed by atoms with Crippen molar-refractivity contribution < 1.29 is 17.9 Å². The lowest BCUT2D eigenvalue weighted by Crippen LogP contribution is -2.14. The highest BCUT2D eigenvalue weighted by Gasteiger charge is 2.17. The van der Waals surface area contributed by atoms with Crippen molar-refractivity contribution in [3.63, 3.8) is 0 Å². The number of hydrogen-bond acceptors (Lipinski definition) is 2. The molecule has 1 atom stereocenters. The van der Waals surface area contributed by atoms with Crippen molar-refractivity contribution in [2.45, 2.75) is 19.9 Å². The molecule has 2 aromatic carbocycles. The highest BCUT2D eigenvalue weighted by atomic mass is 19.2. The molecule has 0 fully saturated rings. The van der Waals surface area contributed by atoms with Gasteiger partial charge in [-0.25, -0.2) is 13.2 Å². The summed E-state index contributed by atoms with van der Waals surface area (Å²) < 4.78 is 44.9. The topological polar surface area (TPSA) is 35.2 Å². The Labute approximate surface area is 121 Å². The lowest BCUT2D eigenvalue weighted by atomic mass is 9.95. The van der Waals surface area contributed by atoms with Gasteiger partial charge in [0.15, 0.2) is 17.5 Å². The van der Waals surface area contributed by atoms with Crippen LogP contribution in [0.5, 0.6) is 5.75 Å². The molecule has 0 radical (unpaired) electrons. The fourth-order valence-corrected chi connectivity index (χ4v) is 2.43. The minimum absolute atomic E-state index is 0.176. The van der Waals surface area contributed by atoms with Gasteiger partial charge in [-0.3, -0.25) is 0 Å². The third-order valence-electron chi connectivity index (χ3n) is 3.41. The monoisotopic (exact) mass is 295 g/mol. The molecule has 5 heteroatoms. The first kappa shape index (κ1) is 15.4. The number of aryl methyl sites for hydroxylation is 2. The number of ether oxygens (including phenoxy) is 1. The van der Waals surface area contributed by atoms with E-state index in [0.29, 0.717) is 5.56 Å². The number of nitrogens with two attached hydrogens (primary N) is 1. The summed E-state index contributed by atoms with van der Waals surface area (Å²) in [5.74, 6) is -3.25. The molecule has 0 aromatic heterocycles. The predicted octanol–water partition coefficient (Wildman–Crippen LogP) is 3.78. The zero-order chi connectivity index (χ0) is 15.7. The molecule has 0 aliphatic rings. The molecule has 2 nitrogen and oxygen atoms in total. The average Bonchev–Trinajstić information content (AvgIpc) is 2.43. The van der Waals surface area contributed by atoms with Crippen molar-refractivity contribution in [3.05, 3.63) is 64.0 Å². The molecular weight excluding hydrogens is 279 g/mol. The zero-order valence-corrected chi connectivity index (χ0v) is 12.0. The maximum atomic E-state index is 13.3. The third kappa shape index (κ3) is 2.88. The molecule has 1 unspecified atom stereocenters. The molecule has 0 aliphatic heterocycles. The van der Waals surface area contributed by atoms with E-state index < -0.39 is 23.5 Å². The molecule has 0 amide bonds. The fourth-order valence-electron chi connectivity index (χ4n) is 2.43. The SMILES string of the molecule is COc1c(C)cc(C(N)c2cc(F)c(F)c(F)c2)cc1C. The van der Waals surface area contributed by atoms with Crippen LogP contribution in [-0.4, -0.2) is 7.11 Å². The van der Waals surface area contributed by atoms with Crippen molar-refractivity contribution >= 4 is 0 Å². The summed E-state index contributed by atoms with van der Waals surface area (Å²) in [5.41, 5.74) is 8.62. The summed E-state index contributed by atoms with van der Waals surface area (Å²) in [6.45, 7) is 3.71. The predicted molar refractivity (Wildman–Crippen MR) is 74.8 cm³/mol. The quantitative estimate of drug-likeness (QED) is 0.875. The van der Waals surface area contributed by atoms with Gasteiger partial charge >= 0.3 is 0 Å². The Morgan fingerprint density at radius 2 is 1.33 bits per heavy atom. The summed E-state index contributed by atoms with van der Waals surface area (Å²) in [4.78, 5) is 0. The fraction of sp³-hybridized carbons (Fsp3) is 0.250. The Hall–Kier alpha value is -2.01. The lowest BCUT2D eigenvalue weighted by molar-refractivity contribution is 0.408. The van der Waals surface area contributed by atoms with Gasteiger partial charge in [-0.05, 0) is 48.2 Å². The molecule has 2 aromatic rings. The normalized spacial score (nSPS) is 12.3. The van der Waals surface area contributed by atoms with Crippen LogP contribution in [0.25, 0.3) is 0 Å². The Bertz CT molecular complexity index is 639. The zero-order valence-electron chi connectivity index (χ0n) is 12.0. The Morgan fingerprint density at radius 3 is 1.76 bits per heavy atom. The average molecular weight is 295 g/mol. The molecule has 0 heterocycles. The maximum Gasteiger partial charge on any atom is 0.194 e. The number of hydrogen-bond donors (Lipinski definition) is 1. The van der Waals surface area contributed by atoms with Gasteiger partial charge in [0.25, 0.3) is 0 Å². The van der Waals surface area contributed by atoms with Gasteiger partial charge in [0.1, 0.15) is 5.75 Å². The number of methoxy groups -OCH3 is 1. The summed E-state index contributed by atoms with van der Waals surface area (Å²) in [6.07, 6.45) is 0. The highest BCUT2D eigenvalue weighted by Crippen LogP contribution is 2.29. The molecule has 112 valence electrons. The van der Waals surface area contributed by atoms with Crippen molar-refractivity contribution in [2.75, 3.05) is 7.11 Å². The first-order chi connectivity index (χ1) is 9.85. The van der Waals surface area contributed by atoms with E-state index in [1.54, 1.807) is 19.2 Å². The van der Waals surface area contributed by atoms with Crippen LogP contribution in [0, 0.1) is 31.3 Å². The first-order valence-corrected chi connectivity index (χ1v) is 6.40. The second-order valence-electron chi connectivity index (χ2n) is 4.96. The number of benzene rings is 2. The summed E-state index contributed by atoms with van der Waals surface area (Å²) in [5, 5.41) is 0. The van der Waals surface area contributed by atoms with Crippen molar-refractivity contribution in [1.82, 2.24) is 0 Å². The van der Waals surface area contributed by atoms with Crippen LogP contribution in [0.3, 0.4) is 0 Å². The minimum Gasteiger partial charge on any atom is -0.496 e. The van der Waals surface area contributed by atoms with E-state index in [9.17, 15) is 13.2 Å². The van der Waals surface area contributed by atoms with Gasteiger partial charge < -0.3 is 10.5 Å². The van der Waals surface area contributed by atoms with Gasteiger partial charge in [0, 0.05) is 0 Å². The molecule has 2 rings (SSSR count). The van der Waals surface area contributed by atoms with Crippen LogP contribution < -0.4 is 10.5 Å². The van der Waals surface area contributed by atoms with Crippen LogP contribution in [0.1, 0.15) is 28.3 Å². The van der Waals surface area contributed by atoms with E-state index in [0.717, 1.165) is 29.0 Å². The van der Waals surface area contributed by atoms with Crippen LogP contribution in [0.2, 0.25) is 0 Å². The van der Waals surface area contributed by atoms with E-state index >= 15 is 0 Å². The highest BCUT2D eigenvalue weighted by molar-refractivity contribution is 5.46. The molecule has 2 N–H and O–H groups in total. The van der Waals surface area contributed by atoms with Crippen LogP contribution in [0.4, 0.5) is 13.2 Å². The molecule has 0 bridgehead atoms. The molecule has 21 heavy (non-hydrogen) atoms. The van der Waals surface area contributed by atoms with Crippen LogP contribution in [0.15, 0.2) is 24.3 Å². The largest absolute Gasteiger partial charge is 0.496 e. The Morgan fingerprint density at radius 1 is 0.905 bits per heavy atom. The van der Waals surface area contributed by atoms with Gasteiger partial charge in [-0.15, -0.1) is 0 Å². The lowest BCUT2D eigenvalue weighted by Gasteiger charge is -2.17. The van der Waals surface area contributed by atoms with Gasteiger partial charge in [-0.1, -0.05) is 12.1 Å². The molecular formula is C16H16F3NO. The third-order valence-corrected chi connectivity index (χ3v) is 3.41. The van der Waals surface area contributed by atoms with E-state index in [1.165, 1.54) is 0 Å². The first-order valence-electron chi connectivity index (χ1n) is 6.40. The number of rotatable bonds is 3. The van der Waals surface area contributed by atoms with Crippen molar-refractivity contribution in [1.29, 1.82) is 0 Å². The number of halogens is 3. The molecule has 0 saturated heterocycles. The van der Waals surface area contributed by atoms with E-state index in [1.807, 2.05) is 13.8 Å². The minimum atomic E-state index is -1.49. The van der Waals surface area contributed by atoms with Crippen molar-refractivity contribution in [2.24, 2.45) is 5.73 Å².